The van der Waals surface area contributed by atoms with E-state index in [1.54, 1.807) is 12.1 Å². The van der Waals surface area contributed by atoms with Crippen LogP contribution >= 0.6 is 0 Å². The molecule has 3 aromatic rings. The first-order valence-corrected chi connectivity index (χ1v) is 7.16. The van der Waals surface area contributed by atoms with Crippen LogP contribution in [0.3, 0.4) is 0 Å². The van der Waals surface area contributed by atoms with Crippen molar-refractivity contribution in [2.75, 3.05) is 6.79 Å². The number of hydrogen-bond acceptors (Lipinski definition) is 3. The van der Waals surface area contributed by atoms with Crippen LogP contribution in [0.2, 0.25) is 0 Å². The summed E-state index contributed by atoms with van der Waals surface area (Å²) in [6.45, 7) is 0.181. The number of nitriles is 1. The third-order valence-corrected chi connectivity index (χ3v) is 3.86. The van der Waals surface area contributed by atoms with Crippen LogP contribution in [0.1, 0.15) is 16.7 Å². The predicted molar refractivity (Wildman–Crippen MR) is 86.2 cm³/mol. The fraction of sp³-hybridized carbons (Fsp3) is 0.105. The first-order chi connectivity index (χ1) is 11.3. The standard InChI is InChI=1S/C19H12N2O2/c1-21-11-14(16-4-2-3-5-17(16)21)7-6-13-8-18-19(23-12-22-18)9-15(13)10-20/h2-5,8-9,11H,12H2,1H3. The lowest BCUT2D eigenvalue weighted by Crippen LogP contribution is -1.92. The number of hydrogen-bond donors (Lipinski definition) is 0. The Morgan fingerprint density at radius 2 is 1.70 bits per heavy atom. The molecule has 0 spiro atoms. The Kier molecular flexibility index (Phi) is 2.96. The Balaban J connectivity index is 1.83. The fourth-order valence-corrected chi connectivity index (χ4v) is 2.71. The van der Waals surface area contributed by atoms with E-state index in [9.17, 15) is 5.26 Å². The van der Waals surface area contributed by atoms with Crippen LogP contribution in [0.15, 0.2) is 42.6 Å². The van der Waals surface area contributed by atoms with Crippen molar-refractivity contribution in [2.24, 2.45) is 7.05 Å². The van der Waals surface area contributed by atoms with Crippen molar-refractivity contribution >= 4 is 10.9 Å². The fourth-order valence-electron chi connectivity index (χ4n) is 2.71. The van der Waals surface area contributed by atoms with Crippen molar-refractivity contribution in [3.63, 3.8) is 0 Å². The van der Waals surface area contributed by atoms with Gasteiger partial charge >= 0.3 is 0 Å². The number of benzene rings is 2. The second-order valence-electron chi connectivity index (χ2n) is 5.28. The highest BCUT2D eigenvalue weighted by molar-refractivity contribution is 5.86. The molecule has 1 aliphatic heterocycles. The molecule has 1 aliphatic rings. The zero-order valence-electron chi connectivity index (χ0n) is 12.5. The van der Waals surface area contributed by atoms with Gasteiger partial charge in [0.2, 0.25) is 6.79 Å². The third kappa shape index (κ3) is 2.18. The maximum Gasteiger partial charge on any atom is 0.231 e. The van der Waals surface area contributed by atoms with Gasteiger partial charge in [0, 0.05) is 41.8 Å². The molecule has 0 bridgehead atoms. The predicted octanol–water partition coefficient (Wildman–Crippen LogP) is 3.18. The third-order valence-electron chi connectivity index (χ3n) is 3.86. The Morgan fingerprint density at radius 3 is 2.48 bits per heavy atom. The minimum absolute atomic E-state index is 0.181. The molecule has 0 unspecified atom stereocenters. The number of aryl methyl sites for hydroxylation is 1. The van der Waals surface area contributed by atoms with Gasteiger partial charge in [-0.1, -0.05) is 30.0 Å². The molecule has 2 aromatic carbocycles. The highest BCUT2D eigenvalue weighted by Crippen LogP contribution is 2.34. The number of ether oxygens (including phenoxy) is 2. The molecule has 0 fully saturated rings. The molecule has 4 nitrogen and oxygen atoms in total. The molecule has 2 heterocycles. The molecule has 1 aromatic heterocycles. The van der Waals surface area contributed by atoms with Crippen LogP contribution in [0, 0.1) is 23.2 Å². The topological polar surface area (TPSA) is 47.2 Å². The van der Waals surface area contributed by atoms with E-state index in [4.69, 9.17) is 9.47 Å². The molecule has 4 rings (SSSR count). The molecule has 0 atom stereocenters. The van der Waals surface area contributed by atoms with E-state index in [-0.39, 0.29) is 6.79 Å². The highest BCUT2D eigenvalue weighted by atomic mass is 16.7. The molecule has 0 saturated carbocycles. The second-order valence-corrected chi connectivity index (χ2v) is 5.28. The van der Waals surface area contributed by atoms with E-state index in [0.717, 1.165) is 16.5 Å². The summed E-state index contributed by atoms with van der Waals surface area (Å²) in [6.07, 6.45) is 2.00. The monoisotopic (exact) mass is 300 g/mol. The molecule has 4 heteroatoms. The molecule has 0 radical (unpaired) electrons. The number of para-hydroxylation sites is 1. The van der Waals surface area contributed by atoms with E-state index in [2.05, 4.69) is 24.0 Å². The summed E-state index contributed by atoms with van der Waals surface area (Å²) in [4.78, 5) is 0. The Labute approximate surface area is 133 Å². The molecule has 23 heavy (non-hydrogen) atoms. The SMILES string of the molecule is Cn1cc(C#Cc2cc3c(cc2C#N)OCO3)c2ccccc21. The van der Waals surface area contributed by atoms with E-state index in [1.807, 2.05) is 36.0 Å². The largest absolute Gasteiger partial charge is 0.454 e. The van der Waals surface area contributed by atoms with Crippen LogP contribution in [0.25, 0.3) is 10.9 Å². The molecular weight excluding hydrogens is 288 g/mol. The maximum absolute atomic E-state index is 9.30. The molecule has 0 amide bonds. The Hall–Kier alpha value is -3.37. The van der Waals surface area contributed by atoms with Gasteiger partial charge in [-0.15, -0.1) is 0 Å². The maximum atomic E-state index is 9.30. The van der Waals surface area contributed by atoms with Crippen molar-refractivity contribution in [3.05, 3.63) is 59.3 Å². The van der Waals surface area contributed by atoms with Gasteiger partial charge in [-0.25, -0.2) is 0 Å². The first kappa shape index (κ1) is 13.3. The van der Waals surface area contributed by atoms with Crippen molar-refractivity contribution in [2.45, 2.75) is 0 Å². The quantitative estimate of drug-likeness (QED) is 0.599. The zero-order chi connectivity index (χ0) is 15.8. The van der Waals surface area contributed by atoms with Gasteiger partial charge in [0.05, 0.1) is 11.1 Å². The average Bonchev–Trinajstić information content (AvgIpc) is 3.16. The minimum atomic E-state index is 0.181. The van der Waals surface area contributed by atoms with E-state index >= 15 is 0 Å². The Bertz CT molecular complexity index is 1030. The summed E-state index contributed by atoms with van der Waals surface area (Å²) < 4.78 is 12.7. The highest BCUT2D eigenvalue weighted by Gasteiger charge is 2.16. The summed E-state index contributed by atoms with van der Waals surface area (Å²) in [5.41, 5.74) is 3.19. The van der Waals surface area contributed by atoms with E-state index in [0.29, 0.717) is 22.6 Å². The van der Waals surface area contributed by atoms with Gasteiger partial charge < -0.3 is 14.0 Å². The number of nitrogens with zero attached hydrogens (tertiary/aromatic N) is 2. The second kappa shape index (κ2) is 5.12. The first-order valence-electron chi connectivity index (χ1n) is 7.16. The van der Waals surface area contributed by atoms with E-state index < -0.39 is 0 Å². The molecular formula is C19H12N2O2. The van der Waals surface area contributed by atoms with Crippen molar-refractivity contribution < 1.29 is 9.47 Å². The number of rotatable bonds is 0. The minimum Gasteiger partial charge on any atom is -0.454 e. The van der Waals surface area contributed by atoms with Gasteiger partial charge in [0.25, 0.3) is 0 Å². The van der Waals surface area contributed by atoms with Gasteiger partial charge in [-0.05, 0) is 6.07 Å². The van der Waals surface area contributed by atoms with Gasteiger partial charge in [0.1, 0.15) is 6.07 Å². The lowest BCUT2D eigenvalue weighted by Gasteiger charge is -1.99. The number of fused-ring (bicyclic) bond motifs is 2. The summed E-state index contributed by atoms with van der Waals surface area (Å²) in [5.74, 6) is 7.49. The lowest BCUT2D eigenvalue weighted by atomic mass is 10.1. The Morgan fingerprint density at radius 1 is 1.00 bits per heavy atom. The van der Waals surface area contributed by atoms with Gasteiger partial charge in [0.15, 0.2) is 11.5 Å². The van der Waals surface area contributed by atoms with Crippen LogP contribution in [-0.4, -0.2) is 11.4 Å². The van der Waals surface area contributed by atoms with Crippen LogP contribution in [0.4, 0.5) is 0 Å². The van der Waals surface area contributed by atoms with E-state index in [1.165, 1.54) is 0 Å². The van der Waals surface area contributed by atoms with Crippen molar-refractivity contribution in [3.8, 4) is 29.4 Å². The molecule has 0 aliphatic carbocycles. The normalized spacial score (nSPS) is 11.8. The zero-order valence-corrected chi connectivity index (χ0v) is 12.5. The average molecular weight is 300 g/mol. The smallest absolute Gasteiger partial charge is 0.231 e. The summed E-state index contributed by atoms with van der Waals surface area (Å²) in [5, 5.41) is 10.4. The number of aromatic nitrogens is 1. The van der Waals surface area contributed by atoms with Crippen molar-refractivity contribution in [1.82, 2.24) is 4.57 Å². The molecule has 0 saturated heterocycles. The summed E-state index contributed by atoms with van der Waals surface area (Å²) >= 11 is 0. The van der Waals surface area contributed by atoms with Crippen LogP contribution in [0.5, 0.6) is 11.5 Å². The van der Waals surface area contributed by atoms with Crippen LogP contribution < -0.4 is 9.47 Å². The van der Waals surface area contributed by atoms with Crippen molar-refractivity contribution in [1.29, 1.82) is 5.26 Å². The molecule has 0 N–H and O–H groups in total. The summed E-state index contributed by atoms with van der Waals surface area (Å²) in [6, 6.07) is 13.7. The van der Waals surface area contributed by atoms with Gasteiger partial charge in [-0.3, -0.25) is 0 Å². The van der Waals surface area contributed by atoms with Crippen LogP contribution in [-0.2, 0) is 7.05 Å². The summed E-state index contributed by atoms with van der Waals surface area (Å²) in [7, 11) is 1.99. The molecule has 110 valence electrons. The van der Waals surface area contributed by atoms with Gasteiger partial charge in [-0.2, -0.15) is 5.26 Å². The lowest BCUT2D eigenvalue weighted by molar-refractivity contribution is 0.174.